The quantitative estimate of drug-likeness (QED) is 0.566. The topological polar surface area (TPSA) is 83.6 Å². The third-order valence-corrected chi connectivity index (χ3v) is 1.83. The molecule has 0 saturated carbocycles. The number of aliphatic carboxylic acids is 1. The molecule has 86 valence electrons. The summed E-state index contributed by atoms with van der Waals surface area (Å²) in [5.74, 6) is -1.38. The summed E-state index contributed by atoms with van der Waals surface area (Å²) in [5.41, 5.74) is 5.08. The van der Waals surface area contributed by atoms with Crippen LogP contribution >= 0.6 is 0 Å². The largest absolute Gasteiger partial charge is 0.478 e. The van der Waals surface area contributed by atoms with Crippen molar-refractivity contribution in [3.05, 3.63) is 12.2 Å². The Bertz CT molecular complexity index is 239. The minimum Gasteiger partial charge on any atom is -0.478 e. The van der Waals surface area contributed by atoms with Crippen LogP contribution in [0.15, 0.2) is 12.2 Å². The summed E-state index contributed by atoms with van der Waals surface area (Å²) in [6.45, 7) is 3.41. The Kier molecular flexibility index (Phi) is 7.27. The molecular weight excluding hydrogens is 196 g/mol. The predicted molar refractivity (Wildman–Crippen MR) is 57.3 cm³/mol. The highest BCUT2D eigenvalue weighted by atomic mass is 16.4. The predicted octanol–water partition coefficient (Wildman–Crippen LogP) is 0.215. The van der Waals surface area contributed by atoms with Crippen LogP contribution in [0.2, 0.25) is 0 Å². The molecule has 0 aromatic carbocycles. The molecule has 0 radical (unpaired) electrons. The Morgan fingerprint density at radius 2 is 2.13 bits per heavy atom. The van der Waals surface area contributed by atoms with Crippen molar-refractivity contribution in [1.82, 2.24) is 4.90 Å². The lowest BCUT2D eigenvalue weighted by atomic mass is 10.3. The zero-order chi connectivity index (χ0) is 11.7. The van der Waals surface area contributed by atoms with E-state index in [1.165, 1.54) is 6.08 Å². The van der Waals surface area contributed by atoms with Gasteiger partial charge in [0.05, 0.1) is 6.54 Å². The Balaban J connectivity index is 3.99. The number of carbonyl (C=O) groups excluding carboxylic acids is 1. The lowest BCUT2D eigenvalue weighted by Gasteiger charge is -2.17. The van der Waals surface area contributed by atoms with Crippen LogP contribution in [0.3, 0.4) is 0 Å². The molecule has 3 N–H and O–H groups in total. The lowest BCUT2D eigenvalue weighted by Crippen LogP contribution is -2.34. The molecule has 0 bridgehead atoms. The molecule has 5 heteroatoms. The zero-order valence-electron chi connectivity index (χ0n) is 8.98. The van der Waals surface area contributed by atoms with Gasteiger partial charge >= 0.3 is 5.97 Å². The van der Waals surface area contributed by atoms with Gasteiger partial charge in [0.25, 0.3) is 0 Å². The van der Waals surface area contributed by atoms with E-state index in [9.17, 15) is 9.59 Å². The molecule has 0 aliphatic heterocycles. The van der Waals surface area contributed by atoms with Crippen LogP contribution in [-0.2, 0) is 9.59 Å². The fourth-order valence-electron chi connectivity index (χ4n) is 1.14. The number of unbranched alkanes of at least 4 members (excludes halogenated alkanes) is 1. The van der Waals surface area contributed by atoms with Gasteiger partial charge in [0.2, 0.25) is 5.91 Å². The highest BCUT2D eigenvalue weighted by molar-refractivity contribution is 5.79. The Morgan fingerprint density at radius 1 is 1.47 bits per heavy atom. The van der Waals surface area contributed by atoms with Crippen LogP contribution in [0.4, 0.5) is 0 Å². The van der Waals surface area contributed by atoms with Crippen LogP contribution in [0.5, 0.6) is 0 Å². The Hall–Kier alpha value is -1.36. The molecule has 1 amide bonds. The second kappa shape index (κ2) is 7.99. The van der Waals surface area contributed by atoms with E-state index < -0.39 is 11.9 Å². The van der Waals surface area contributed by atoms with Crippen LogP contribution in [-0.4, -0.2) is 41.5 Å². The third-order valence-electron chi connectivity index (χ3n) is 1.83. The zero-order valence-corrected chi connectivity index (χ0v) is 8.98. The molecule has 15 heavy (non-hydrogen) atoms. The van der Waals surface area contributed by atoms with Crippen molar-refractivity contribution in [1.29, 1.82) is 0 Å². The van der Waals surface area contributed by atoms with Crippen LogP contribution in [0, 0.1) is 0 Å². The number of carboxylic acids is 1. The third kappa shape index (κ3) is 8.96. The van der Waals surface area contributed by atoms with Gasteiger partial charge in [0.1, 0.15) is 0 Å². The van der Waals surface area contributed by atoms with Gasteiger partial charge in [-0.1, -0.05) is 19.4 Å². The fraction of sp³-hybridized carbons (Fsp3) is 0.600. The van der Waals surface area contributed by atoms with Crippen molar-refractivity contribution in [2.24, 2.45) is 5.73 Å². The van der Waals surface area contributed by atoms with Gasteiger partial charge in [-0.15, -0.1) is 0 Å². The highest BCUT2D eigenvalue weighted by Gasteiger charge is 2.05. The number of amides is 1. The summed E-state index contributed by atoms with van der Waals surface area (Å²) in [5, 5.41) is 8.39. The summed E-state index contributed by atoms with van der Waals surface area (Å²) in [6, 6.07) is 0. The maximum absolute atomic E-state index is 10.7. The molecule has 0 aromatic heterocycles. The first-order valence-electron chi connectivity index (χ1n) is 4.96. The Labute approximate surface area is 89.6 Å². The highest BCUT2D eigenvalue weighted by Crippen LogP contribution is 1.95. The summed E-state index contributed by atoms with van der Waals surface area (Å²) >= 11 is 0. The van der Waals surface area contributed by atoms with E-state index in [0.29, 0.717) is 6.54 Å². The van der Waals surface area contributed by atoms with Gasteiger partial charge in [-0.25, -0.2) is 4.79 Å². The van der Waals surface area contributed by atoms with E-state index in [1.807, 2.05) is 4.90 Å². The average molecular weight is 214 g/mol. The molecule has 0 rings (SSSR count). The van der Waals surface area contributed by atoms with Crippen molar-refractivity contribution in [3.8, 4) is 0 Å². The number of primary amides is 1. The smallest absolute Gasteiger partial charge is 0.328 e. The average Bonchev–Trinajstić information content (AvgIpc) is 2.12. The molecule has 0 aliphatic carbocycles. The number of hydrogen-bond acceptors (Lipinski definition) is 3. The van der Waals surface area contributed by atoms with Crippen molar-refractivity contribution >= 4 is 11.9 Å². The minimum atomic E-state index is -0.982. The summed E-state index contributed by atoms with van der Waals surface area (Å²) in [6.07, 6.45) is 4.58. The van der Waals surface area contributed by atoms with E-state index in [-0.39, 0.29) is 6.54 Å². The standard InChI is InChI=1S/C10H18N2O3/c1-2-3-6-12(8-9(11)13)7-4-5-10(14)15/h4-5H,2-3,6-8H2,1H3,(H2,11,13)(H,14,15)/b5-4+. The van der Waals surface area contributed by atoms with E-state index >= 15 is 0 Å². The SMILES string of the molecule is CCCCN(C/C=C/C(=O)O)CC(N)=O. The van der Waals surface area contributed by atoms with E-state index in [4.69, 9.17) is 10.8 Å². The van der Waals surface area contributed by atoms with Crippen molar-refractivity contribution in [2.75, 3.05) is 19.6 Å². The van der Waals surface area contributed by atoms with Crippen LogP contribution in [0.25, 0.3) is 0 Å². The first kappa shape index (κ1) is 13.6. The van der Waals surface area contributed by atoms with Crippen molar-refractivity contribution in [3.63, 3.8) is 0 Å². The van der Waals surface area contributed by atoms with Gasteiger partial charge < -0.3 is 10.8 Å². The lowest BCUT2D eigenvalue weighted by molar-refractivity contribution is -0.131. The molecular formula is C10H18N2O3. The Morgan fingerprint density at radius 3 is 2.60 bits per heavy atom. The first-order chi connectivity index (χ1) is 7.06. The fourth-order valence-corrected chi connectivity index (χ4v) is 1.14. The normalized spacial score (nSPS) is 11.1. The number of nitrogens with two attached hydrogens (primary N) is 1. The number of carbonyl (C=O) groups is 2. The van der Waals surface area contributed by atoms with Gasteiger partial charge in [0.15, 0.2) is 0 Å². The molecule has 0 spiro atoms. The molecule has 0 heterocycles. The number of rotatable bonds is 8. The van der Waals surface area contributed by atoms with Gasteiger partial charge in [-0.2, -0.15) is 0 Å². The van der Waals surface area contributed by atoms with Gasteiger partial charge in [-0.05, 0) is 13.0 Å². The molecule has 0 aliphatic rings. The molecule has 0 unspecified atom stereocenters. The van der Waals surface area contributed by atoms with Crippen LogP contribution in [0.1, 0.15) is 19.8 Å². The summed E-state index contributed by atoms with van der Waals surface area (Å²) in [7, 11) is 0. The molecule has 0 saturated heterocycles. The molecule has 0 aromatic rings. The summed E-state index contributed by atoms with van der Waals surface area (Å²) < 4.78 is 0. The second-order valence-corrected chi connectivity index (χ2v) is 3.30. The molecule has 0 fully saturated rings. The second-order valence-electron chi connectivity index (χ2n) is 3.30. The maximum atomic E-state index is 10.7. The van der Waals surface area contributed by atoms with Crippen molar-refractivity contribution < 1.29 is 14.7 Å². The minimum absolute atomic E-state index is 0.171. The monoisotopic (exact) mass is 214 g/mol. The molecule has 5 nitrogen and oxygen atoms in total. The number of nitrogens with zero attached hydrogens (tertiary/aromatic N) is 1. The van der Waals surface area contributed by atoms with Crippen molar-refractivity contribution in [2.45, 2.75) is 19.8 Å². The molecule has 0 atom stereocenters. The first-order valence-corrected chi connectivity index (χ1v) is 4.96. The van der Waals surface area contributed by atoms with Gasteiger partial charge in [-0.3, -0.25) is 9.69 Å². The number of carboxylic acid groups (broad SMARTS) is 1. The maximum Gasteiger partial charge on any atom is 0.328 e. The van der Waals surface area contributed by atoms with E-state index in [0.717, 1.165) is 25.5 Å². The van der Waals surface area contributed by atoms with Crippen LogP contribution < -0.4 is 5.73 Å². The summed E-state index contributed by atoms with van der Waals surface area (Å²) in [4.78, 5) is 22.8. The number of hydrogen-bond donors (Lipinski definition) is 2. The van der Waals surface area contributed by atoms with E-state index in [1.54, 1.807) is 0 Å². The van der Waals surface area contributed by atoms with Gasteiger partial charge in [0, 0.05) is 12.6 Å². The van der Waals surface area contributed by atoms with E-state index in [2.05, 4.69) is 6.92 Å².